The van der Waals surface area contributed by atoms with Crippen LogP contribution in [0.15, 0.2) is 36.5 Å². The van der Waals surface area contributed by atoms with Gasteiger partial charge in [0, 0.05) is 56.7 Å². The van der Waals surface area contributed by atoms with Crippen LogP contribution in [0.5, 0.6) is 0 Å². The Morgan fingerprint density at radius 2 is 1.93 bits per heavy atom. The third kappa shape index (κ3) is 4.40. The van der Waals surface area contributed by atoms with E-state index in [1.807, 2.05) is 18.0 Å². The first kappa shape index (κ1) is 19.4. The molecule has 0 unspecified atom stereocenters. The molecule has 2 aromatic heterocycles. The Balaban J connectivity index is 1.39. The van der Waals surface area contributed by atoms with Gasteiger partial charge in [-0.15, -0.1) is 0 Å². The van der Waals surface area contributed by atoms with E-state index in [1.165, 1.54) is 5.56 Å². The number of nitrogens with one attached hydrogen (secondary N) is 1. The average molecular weight is 393 g/mol. The van der Waals surface area contributed by atoms with Crippen molar-refractivity contribution in [2.24, 2.45) is 0 Å². The topological polar surface area (TPSA) is 65.8 Å². The van der Waals surface area contributed by atoms with Crippen molar-refractivity contribution in [3.63, 3.8) is 0 Å². The lowest BCUT2D eigenvalue weighted by molar-refractivity contribution is -0.130. The molecule has 4 rings (SSSR count). The van der Waals surface area contributed by atoms with Crippen LogP contribution < -0.4 is 5.32 Å². The van der Waals surface area contributed by atoms with Crippen LogP contribution in [-0.4, -0.2) is 56.3 Å². The maximum Gasteiger partial charge on any atom is 0.234 e. The first-order valence-corrected chi connectivity index (χ1v) is 10.1. The third-order valence-electron chi connectivity index (χ3n) is 5.49. The minimum Gasteiger partial charge on any atom is -0.379 e. The van der Waals surface area contributed by atoms with Crippen LogP contribution in [0.2, 0.25) is 0 Å². The summed E-state index contributed by atoms with van der Waals surface area (Å²) < 4.78 is 2.10. The molecule has 0 atom stereocenters. The van der Waals surface area contributed by atoms with Crippen LogP contribution in [0.25, 0.3) is 5.78 Å². The number of piperazine rings is 1. The van der Waals surface area contributed by atoms with E-state index in [0.29, 0.717) is 6.54 Å². The van der Waals surface area contributed by atoms with E-state index in [1.54, 1.807) is 6.92 Å². The normalized spacial score (nSPS) is 15.1. The molecule has 0 saturated carbocycles. The summed E-state index contributed by atoms with van der Waals surface area (Å²) in [7, 11) is 0. The van der Waals surface area contributed by atoms with E-state index in [-0.39, 0.29) is 5.91 Å². The van der Waals surface area contributed by atoms with Crippen molar-refractivity contribution < 1.29 is 4.79 Å². The molecule has 1 fully saturated rings. The summed E-state index contributed by atoms with van der Waals surface area (Å²) in [6.07, 6.45) is 1.89. The van der Waals surface area contributed by atoms with Crippen LogP contribution >= 0.6 is 0 Å². The zero-order valence-corrected chi connectivity index (χ0v) is 17.4. The van der Waals surface area contributed by atoms with Crippen molar-refractivity contribution in [3.05, 3.63) is 59.2 Å². The smallest absolute Gasteiger partial charge is 0.234 e. The molecule has 7 nitrogen and oxygen atoms in total. The number of aromatic nitrogens is 3. The summed E-state index contributed by atoms with van der Waals surface area (Å²) in [5.74, 6) is 0.918. The fourth-order valence-corrected chi connectivity index (χ4v) is 3.97. The fraction of sp³-hybridized carbons (Fsp3) is 0.409. The molecule has 1 saturated heterocycles. The molecular weight excluding hydrogens is 364 g/mol. The molecule has 1 aromatic carbocycles. The Morgan fingerprint density at radius 1 is 1.14 bits per heavy atom. The van der Waals surface area contributed by atoms with Gasteiger partial charge in [-0.05, 0) is 37.6 Å². The minimum absolute atomic E-state index is 0.170. The van der Waals surface area contributed by atoms with Gasteiger partial charge in [0.1, 0.15) is 0 Å². The van der Waals surface area contributed by atoms with Gasteiger partial charge < -0.3 is 10.2 Å². The van der Waals surface area contributed by atoms with Gasteiger partial charge in [-0.2, -0.15) is 0 Å². The van der Waals surface area contributed by atoms with Crippen LogP contribution in [0.3, 0.4) is 0 Å². The predicted octanol–water partition coefficient (Wildman–Crippen LogP) is 2.62. The van der Waals surface area contributed by atoms with Gasteiger partial charge in [0.15, 0.2) is 0 Å². The zero-order chi connectivity index (χ0) is 20.4. The molecule has 7 heteroatoms. The highest BCUT2D eigenvalue weighted by atomic mass is 16.2. The molecule has 152 valence electrons. The number of aryl methyl sites for hydroxylation is 2. The molecule has 29 heavy (non-hydrogen) atoms. The number of hydrogen-bond acceptors (Lipinski definition) is 5. The molecule has 3 heterocycles. The van der Waals surface area contributed by atoms with Gasteiger partial charge in [0.25, 0.3) is 0 Å². The highest BCUT2D eigenvalue weighted by Crippen LogP contribution is 2.16. The van der Waals surface area contributed by atoms with E-state index in [0.717, 1.165) is 61.3 Å². The standard InChI is InChI=1S/C22H28N6O/c1-16-11-17(2)28-21(14-24-22(28)25-16)13-23-20-6-4-5-19(12-20)15-26-7-9-27(10-8-26)18(3)29/h4-6,11-12,14,23H,7-10,13,15H2,1-3H3. The number of amides is 1. The molecule has 0 aliphatic carbocycles. The molecule has 3 aromatic rings. The van der Waals surface area contributed by atoms with Crippen molar-refractivity contribution in [1.82, 2.24) is 24.2 Å². The monoisotopic (exact) mass is 392 g/mol. The van der Waals surface area contributed by atoms with Crippen LogP contribution in [-0.2, 0) is 17.9 Å². The second kappa shape index (κ2) is 8.21. The minimum atomic E-state index is 0.170. The molecular formula is C22H28N6O. The summed E-state index contributed by atoms with van der Waals surface area (Å²) in [5.41, 5.74) is 5.59. The molecule has 1 aliphatic rings. The first-order chi connectivity index (χ1) is 14.0. The van der Waals surface area contributed by atoms with Gasteiger partial charge in [-0.1, -0.05) is 12.1 Å². The molecule has 0 spiro atoms. The number of carbonyl (C=O) groups excluding carboxylic acids is 1. The Kier molecular flexibility index (Phi) is 5.49. The average Bonchev–Trinajstić information content (AvgIpc) is 3.10. The SMILES string of the molecule is CC(=O)N1CCN(Cc2cccc(NCc3cnc4nc(C)cc(C)n34)c2)CC1. The van der Waals surface area contributed by atoms with Crippen LogP contribution in [0.1, 0.15) is 29.6 Å². The summed E-state index contributed by atoms with van der Waals surface area (Å²) in [6, 6.07) is 10.6. The van der Waals surface area contributed by atoms with Gasteiger partial charge in [0.2, 0.25) is 11.7 Å². The van der Waals surface area contributed by atoms with Crippen LogP contribution in [0, 0.1) is 13.8 Å². The summed E-state index contributed by atoms with van der Waals surface area (Å²) >= 11 is 0. The number of anilines is 1. The van der Waals surface area contributed by atoms with Crippen molar-refractivity contribution in [2.75, 3.05) is 31.5 Å². The molecule has 1 aliphatic heterocycles. The lowest BCUT2D eigenvalue weighted by atomic mass is 10.1. The fourth-order valence-electron chi connectivity index (χ4n) is 3.97. The van der Waals surface area contributed by atoms with Gasteiger partial charge in [-0.3, -0.25) is 14.1 Å². The third-order valence-corrected chi connectivity index (χ3v) is 5.49. The van der Waals surface area contributed by atoms with E-state index in [9.17, 15) is 4.79 Å². The lowest BCUT2D eigenvalue weighted by Gasteiger charge is -2.34. The van der Waals surface area contributed by atoms with E-state index in [2.05, 4.69) is 61.8 Å². The van der Waals surface area contributed by atoms with Gasteiger partial charge in [0.05, 0.1) is 18.4 Å². The molecule has 1 N–H and O–H groups in total. The van der Waals surface area contributed by atoms with Gasteiger partial charge >= 0.3 is 0 Å². The van der Waals surface area contributed by atoms with Crippen molar-refractivity contribution >= 4 is 17.4 Å². The van der Waals surface area contributed by atoms with E-state index in [4.69, 9.17) is 0 Å². The maximum atomic E-state index is 11.5. The number of nitrogens with zero attached hydrogens (tertiary/aromatic N) is 5. The zero-order valence-electron chi connectivity index (χ0n) is 17.4. The second-order valence-corrected chi connectivity index (χ2v) is 7.76. The van der Waals surface area contributed by atoms with E-state index < -0.39 is 0 Å². The second-order valence-electron chi connectivity index (χ2n) is 7.76. The largest absolute Gasteiger partial charge is 0.379 e. The summed E-state index contributed by atoms with van der Waals surface area (Å²) in [5, 5.41) is 3.52. The Morgan fingerprint density at radius 3 is 2.69 bits per heavy atom. The van der Waals surface area contributed by atoms with Crippen LogP contribution in [0.4, 0.5) is 5.69 Å². The molecule has 1 amide bonds. The van der Waals surface area contributed by atoms with Crippen molar-refractivity contribution in [1.29, 1.82) is 0 Å². The number of imidazole rings is 1. The van der Waals surface area contributed by atoms with Gasteiger partial charge in [-0.25, -0.2) is 9.97 Å². The van der Waals surface area contributed by atoms with Crippen molar-refractivity contribution in [2.45, 2.75) is 33.9 Å². The Bertz CT molecular complexity index is 1020. The number of fused-ring (bicyclic) bond motifs is 1. The van der Waals surface area contributed by atoms with Crippen molar-refractivity contribution in [3.8, 4) is 0 Å². The molecule has 0 bridgehead atoms. The summed E-state index contributed by atoms with van der Waals surface area (Å²) in [6.45, 7) is 10.8. The highest BCUT2D eigenvalue weighted by molar-refractivity contribution is 5.73. The Hall–Kier alpha value is -2.93. The lowest BCUT2D eigenvalue weighted by Crippen LogP contribution is -2.47. The maximum absolute atomic E-state index is 11.5. The Labute approximate surface area is 171 Å². The molecule has 0 radical (unpaired) electrons. The highest BCUT2D eigenvalue weighted by Gasteiger charge is 2.18. The quantitative estimate of drug-likeness (QED) is 0.723. The van der Waals surface area contributed by atoms with E-state index >= 15 is 0 Å². The first-order valence-electron chi connectivity index (χ1n) is 10.1. The number of hydrogen-bond donors (Lipinski definition) is 1. The number of rotatable bonds is 5. The predicted molar refractivity (Wildman–Crippen MR) is 114 cm³/mol. The number of carbonyl (C=O) groups is 1. The number of benzene rings is 1. The summed E-state index contributed by atoms with van der Waals surface area (Å²) in [4.78, 5) is 24.8.